The molecule has 0 radical (unpaired) electrons. The summed E-state index contributed by atoms with van der Waals surface area (Å²) in [6.07, 6.45) is 0. The monoisotopic (exact) mass is 325 g/mol. The smallest absolute Gasteiger partial charge is 0.337 e. The third kappa shape index (κ3) is 3.49. The van der Waals surface area contributed by atoms with Gasteiger partial charge in [0.15, 0.2) is 0 Å². The lowest BCUT2D eigenvalue weighted by atomic mass is 10.2. The second-order valence-electron chi connectivity index (χ2n) is 4.41. The van der Waals surface area contributed by atoms with Crippen molar-refractivity contribution in [1.29, 1.82) is 0 Å². The van der Waals surface area contributed by atoms with Crippen molar-refractivity contribution in [3.63, 3.8) is 0 Å². The SMILES string of the molecule is COC(=O)c1cccc(S(=O)(=O)N(C)Cc2ccsc2)c1. The Morgan fingerprint density at radius 1 is 1.33 bits per heavy atom. The van der Waals surface area contributed by atoms with Crippen molar-refractivity contribution in [2.45, 2.75) is 11.4 Å². The zero-order valence-corrected chi connectivity index (χ0v) is 13.3. The van der Waals surface area contributed by atoms with Gasteiger partial charge in [-0.1, -0.05) is 6.07 Å². The normalized spacial score (nSPS) is 11.6. The largest absolute Gasteiger partial charge is 0.465 e. The number of esters is 1. The lowest BCUT2D eigenvalue weighted by Crippen LogP contribution is -2.26. The maximum atomic E-state index is 12.5. The number of hydrogen-bond acceptors (Lipinski definition) is 5. The minimum absolute atomic E-state index is 0.0723. The van der Waals surface area contributed by atoms with Crippen LogP contribution in [0.1, 0.15) is 15.9 Å². The minimum Gasteiger partial charge on any atom is -0.465 e. The third-order valence-corrected chi connectivity index (χ3v) is 5.48. The van der Waals surface area contributed by atoms with E-state index >= 15 is 0 Å². The molecule has 0 N–H and O–H groups in total. The fraction of sp³-hybridized carbons (Fsp3) is 0.214. The topological polar surface area (TPSA) is 63.7 Å². The van der Waals surface area contributed by atoms with E-state index in [1.165, 1.54) is 54.1 Å². The maximum absolute atomic E-state index is 12.5. The zero-order chi connectivity index (χ0) is 15.5. The zero-order valence-electron chi connectivity index (χ0n) is 11.6. The van der Waals surface area contributed by atoms with Gasteiger partial charge in [0.1, 0.15) is 0 Å². The summed E-state index contributed by atoms with van der Waals surface area (Å²) in [5.41, 5.74) is 1.14. The number of carbonyl (C=O) groups is 1. The standard InChI is InChI=1S/C14H15NO4S2/c1-15(9-11-6-7-20-10-11)21(17,18)13-5-3-4-12(8-13)14(16)19-2/h3-8,10H,9H2,1-2H3. The molecular formula is C14H15NO4S2. The molecule has 1 aromatic heterocycles. The van der Waals surface area contributed by atoms with Gasteiger partial charge >= 0.3 is 5.97 Å². The average Bonchev–Trinajstić information content (AvgIpc) is 2.99. The molecule has 0 aliphatic rings. The summed E-state index contributed by atoms with van der Waals surface area (Å²) in [6.45, 7) is 0.286. The highest BCUT2D eigenvalue weighted by Gasteiger charge is 2.22. The first-order valence-electron chi connectivity index (χ1n) is 6.11. The Morgan fingerprint density at radius 2 is 2.10 bits per heavy atom. The van der Waals surface area contributed by atoms with Gasteiger partial charge in [0.05, 0.1) is 17.6 Å². The Bertz CT molecular complexity index is 723. The van der Waals surface area contributed by atoms with Crippen molar-refractivity contribution >= 4 is 27.3 Å². The predicted molar refractivity (Wildman–Crippen MR) is 80.8 cm³/mol. The molecule has 0 fully saturated rings. The predicted octanol–water partition coefficient (Wildman–Crippen LogP) is 2.36. The molecule has 0 saturated carbocycles. The second-order valence-corrected chi connectivity index (χ2v) is 7.24. The molecule has 0 aliphatic carbocycles. The lowest BCUT2D eigenvalue weighted by molar-refractivity contribution is 0.0600. The molecule has 0 unspecified atom stereocenters. The van der Waals surface area contributed by atoms with Gasteiger partial charge in [0, 0.05) is 13.6 Å². The number of rotatable bonds is 5. The first kappa shape index (κ1) is 15.7. The summed E-state index contributed by atoms with van der Waals surface area (Å²) < 4.78 is 30.9. The van der Waals surface area contributed by atoms with Gasteiger partial charge in [-0.2, -0.15) is 15.6 Å². The van der Waals surface area contributed by atoms with E-state index in [1.807, 2.05) is 16.8 Å². The van der Waals surface area contributed by atoms with Crippen LogP contribution in [-0.4, -0.2) is 32.8 Å². The second kappa shape index (κ2) is 6.38. The van der Waals surface area contributed by atoms with Gasteiger partial charge in [-0.25, -0.2) is 13.2 Å². The van der Waals surface area contributed by atoms with Gasteiger partial charge in [-0.3, -0.25) is 0 Å². The summed E-state index contributed by atoms with van der Waals surface area (Å²) in [6, 6.07) is 7.71. The first-order chi connectivity index (χ1) is 9.95. The minimum atomic E-state index is -3.65. The summed E-state index contributed by atoms with van der Waals surface area (Å²) in [4.78, 5) is 11.6. The van der Waals surface area contributed by atoms with Crippen LogP contribution in [0.25, 0.3) is 0 Å². The number of thiophene rings is 1. The molecule has 0 spiro atoms. The number of carbonyl (C=O) groups excluding carboxylic acids is 1. The first-order valence-corrected chi connectivity index (χ1v) is 8.49. The molecule has 0 saturated heterocycles. The van der Waals surface area contributed by atoms with Crippen LogP contribution in [0.2, 0.25) is 0 Å². The summed E-state index contributed by atoms with van der Waals surface area (Å²) in [5, 5.41) is 3.80. The van der Waals surface area contributed by atoms with E-state index in [0.717, 1.165) is 5.56 Å². The van der Waals surface area contributed by atoms with Crippen LogP contribution in [0.3, 0.4) is 0 Å². The maximum Gasteiger partial charge on any atom is 0.337 e. The molecule has 0 aliphatic heterocycles. The van der Waals surface area contributed by atoms with Gasteiger partial charge in [-0.05, 0) is 40.6 Å². The van der Waals surface area contributed by atoms with Crippen molar-refractivity contribution in [2.24, 2.45) is 0 Å². The van der Waals surface area contributed by atoms with Gasteiger partial charge < -0.3 is 4.74 Å². The Labute approximate surface area is 127 Å². The van der Waals surface area contributed by atoms with Crippen molar-refractivity contribution in [1.82, 2.24) is 4.31 Å². The number of ether oxygens (including phenoxy) is 1. The van der Waals surface area contributed by atoms with E-state index in [2.05, 4.69) is 4.74 Å². The molecule has 0 atom stereocenters. The van der Waals surface area contributed by atoms with Crippen molar-refractivity contribution in [2.75, 3.05) is 14.2 Å². The van der Waals surface area contributed by atoms with Gasteiger partial charge in [0.2, 0.25) is 10.0 Å². The van der Waals surface area contributed by atoms with Gasteiger partial charge in [0.25, 0.3) is 0 Å². The number of benzene rings is 1. The quantitative estimate of drug-likeness (QED) is 0.792. The number of methoxy groups -OCH3 is 1. The molecule has 0 bridgehead atoms. The van der Waals surface area contributed by atoms with Crippen LogP contribution in [-0.2, 0) is 21.3 Å². The number of hydrogen-bond donors (Lipinski definition) is 0. The van der Waals surface area contributed by atoms with E-state index in [0.29, 0.717) is 0 Å². The fourth-order valence-electron chi connectivity index (χ4n) is 1.81. The van der Waals surface area contributed by atoms with E-state index in [9.17, 15) is 13.2 Å². The summed E-state index contributed by atoms with van der Waals surface area (Å²) in [5.74, 6) is -0.562. The van der Waals surface area contributed by atoms with Crippen LogP contribution >= 0.6 is 11.3 Å². The van der Waals surface area contributed by atoms with Crippen molar-refractivity contribution in [3.8, 4) is 0 Å². The van der Waals surface area contributed by atoms with Crippen LogP contribution in [0.5, 0.6) is 0 Å². The van der Waals surface area contributed by atoms with Crippen LogP contribution < -0.4 is 0 Å². The molecule has 2 rings (SSSR count). The van der Waals surface area contributed by atoms with Crippen LogP contribution in [0.15, 0.2) is 46.0 Å². The Hall–Kier alpha value is -1.70. The Morgan fingerprint density at radius 3 is 2.71 bits per heavy atom. The molecule has 112 valence electrons. The van der Waals surface area contributed by atoms with Crippen molar-refractivity contribution < 1.29 is 17.9 Å². The lowest BCUT2D eigenvalue weighted by Gasteiger charge is -2.17. The van der Waals surface area contributed by atoms with E-state index in [4.69, 9.17) is 0 Å². The third-order valence-electron chi connectivity index (χ3n) is 2.95. The number of nitrogens with zero attached hydrogens (tertiary/aromatic N) is 1. The Kier molecular flexibility index (Phi) is 4.76. The van der Waals surface area contributed by atoms with E-state index in [1.54, 1.807) is 0 Å². The van der Waals surface area contributed by atoms with E-state index < -0.39 is 16.0 Å². The number of sulfonamides is 1. The highest BCUT2D eigenvalue weighted by Crippen LogP contribution is 2.19. The molecule has 1 aromatic carbocycles. The highest BCUT2D eigenvalue weighted by molar-refractivity contribution is 7.89. The molecule has 0 amide bonds. The summed E-state index contributed by atoms with van der Waals surface area (Å²) >= 11 is 1.51. The Balaban J connectivity index is 2.28. The molecule has 1 heterocycles. The van der Waals surface area contributed by atoms with Crippen LogP contribution in [0.4, 0.5) is 0 Å². The molecular weight excluding hydrogens is 310 g/mol. The summed E-state index contributed by atoms with van der Waals surface area (Å²) in [7, 11) is -0.881. The van der Waals surface area contributed by atoms with Crippen molar-refractivity contribution in [3.05, 3.63) is 52.2 Å². The fourth-order valence-corrected chi connectivity index (χ4v) is 3.67. The molecule has 21 heavy (non-hydrogen) atoms. The molecule has 5 nitrogen and oxygen atoms in total. The highest BCUT2D eigenvalue weighted by atomic mass is 32.2. The molecule has 2 aromatic rings. The van der Waals surface area contributed by atoms with Gasteiger partial charge in [-0.15, -0.1) is 0 Å². The van der Waals surface area contributed by atoms with Crippen LogP contribution in [0, 0.1) is 0 Å². The molecule has 7 heteroatoms. The average molecular weight is 325 g/mol. The van der Waals surface area contributed by atoms with E-state index in [-0.39, 0.29) is 17.0 Å².